The number of pyridine rings is 1. The number of nitrogens with zero attached hydrogens (tertiary/aromatic N) is 6. The van der Waals surface area contributed by atoms with E-state index in [1.54, 1.807) is 23.0 Å². The lowest BCUT2D eigenvalue weighted by Gasteiger charge is -2.36. The van der Waals surface area contributed by atoms with E-state index in [9.17, 15) is 18.0 Å². The Bertz CT molecular complexity index is 1140. The normalized spacial score (nSPS) is 14.3. The van der Waals surface area contributed by atoms with Gasteiger partial charge in [-0.3, -0.25) is 4.98 Å². The van der Waals surface area contributed by atoms with Crippen molar-refractivity contribution >= 4 is 11.7 Å². The molecular weight excluding hydrogens is 451 g/mol. The lowest BCUT2D eigenvalue weighted by Crippen LogP contribution is -2.51. The number of piperazine rings is 1. The third kappa shape index (κ3) is 5.21. The van der Waals surface area contributed by atoms with Gasteiger partial charge in [-0.25, -0.2) is 14.5 Å². The minimum atomic E-state index is -4.48. The summed E-state index contributed by atoms with van der Waals surface area (Å²) in [6.45, 7) is 4.17. The number of carbonyl (C=O) groups excluding carboxylic acids is 1. The zero-order chi connectivity index (χ0) is 24.3. The number of aryl methyl sites for hydroxylation is 1. The van der Waals surface area contributed by atoms with Crippen LogP contribution in [0.15, 0.2) is 42.9 Å². The van der Waals surface area contributed by atoms with Gasteiger partial charge in [0, 0.05) is 50.7 Å². The fourth-order valence-corrected chi connectivity index (χ4v) is 3.67. The van der Waals surface area contributed by atoms with Gasteiger partial charge in [0.1, 0.15) is 29.3 Å². The Labute approximate surface area is 194 Å². The van der Waals surface area contributed by atoms with Crippen LogP contribution < -0.4 is 15.0 Å². The summed E-state index contributed by atoms with van der Waals surface area (Å²) in [7, 11) is 1.60. The number of halogens is 3. The fraction of sp³-hybridized carbons (Fsp3) is 0.364. The van der Waals surface area contributed by atoms with Crippen molar-refractivity contribution in [1.82, 2.24) is 30.0 Å². The predicted octanol–water partition coefficient (Wildman–Crippen LogP) is 3.03. The number of hydrogen-bond donors (Lipinski definition) is 1. The van der Waals surface area contributed by atoms with Crippen molar-refractivity contribution in [2.45, 2.75) is 19.6 Å². The van der Waals surface area contributed by atoms with Gasteiger partial charge in [0.25, 0.3) is 0 Å². The summed E-state index contributed by atoms with van der Waals surface area (Å²) < 4.78 is 45.0. The minimum absolute atomic E-state index is 0.102. The Kier molecular flexibility index (Phi) is 6.57. The number of nitrogens with one attached hydrogen (secondary N) is 1. The van der Waals surface area contributed by atoms with E-state index in [0.717, 1.165) is 23.6 Å². The summed E-state index contributed by atoms with van der Waals surface area (Å²) in [6.07, 6.45) is -1.73. The third-order valence-electron chi connectivity index (χ3n) is 5.51. The molecule has 3 heterocycles. The zero-order valence-corrected chi connectivity index (χ0v) is 18.7. The number of urea groups is 1. The summed E-state index contributed by atoms with van der Waals surface area (Å²) in [5, 5.41) is 7.06. The molecule has 0 aliphatic carbocycles. The average Bonchev–Trinajstić information content (AvgIpc) is 3.28. The maximum atomic E-state index is 12.6. The van der Waals surface area contributed by atoms with Crippen molar-refractivity contribution in [3.8, 4) is 11.4 Å². The van der Waals surface area contributed by atoms with Crippen LogP contribution in [0.1, 0.15) is 17.1 Å². The van der Waals surface area contributed by atoms with Gasteiger partial charge in [-0.2, -0.15) is 18.3 Å². The summed E-state index contributed by atoms with van der Waals surface area (Å²) in [4.78, 5) is 23.9. The van der Waals surface area contributed by atoms with Gasteiger partial charge in [-0.1, -0.05) is 6.07 Å². The molecule has 3 aromatic rings. The van der Waals surface area contributed by atoms with Crippen LogP contribution >= 0.6 is 0 Å². The summed E-state index contributed by atoms with van der Waals surface area (Å²) in [5.74, 6) is 1.32. The van der Waals surface area contributed by atoms with Crippen LogP contribution in [0.3, 0.4) is 0 Å². The van der Waals surface area contributed by atoms with Gasteiger partial charge in [0.15, 0.2) is 0 Å². The SMILES string of the molecule is COc1cc(N2CCN(C(=O)NCc3ccc(C(F)(F)F)nc3)CC2)ccc1-n1cnc(C)n1. The predicted molar refractivity (Wildman–Crippen MR) is 118 cm³/mol. The van der Waals surface area contributed by atoms with Gasteiger partial charge in [0.05, 0.1) is 7.11 Å². The van der Waals surface area contributed by atoms with Gasteiger partial charge in [0.2, 0.25) is 0 Å². The van der Waals surface area contributed by atoms with Crippen molar-refractivity contribution in [1.29, 1.82) is 0 Å². The van der Waals surface area contributed by atoms with E-state index in [2.05, 4.69) is 25.3 Å². The number of amides is 2. The molecule has 0 unspecified atom stereocenters. The Morgan fingerprint density at radius 1 is 1.12 bits per heavy atom. The number of aromatic nitrogens is 4. The molecule has 2 amide bonds. The van der Waals surface area contributed by atoms with Crippen molar-refractivity contribution in [2.24, 2.45) is 0 Å². The first-order valence-corrected chi connectivity index (χ1v) is 10.6. The molecule has 0 spiro atoms. The van der Waals surface area contributed by atoms with Crippen LogP contribution in [0, 0.1) is 6.92 Å². The van der Waals surface area contributed by atoms with Crippen molar-refractivity contribution in [3.63, 3.8) is 0 Å². The monoisotopic (exact) mass is 475 g/mol. The minimum Gasteiger partial charge on any atom is -0.494 e. The largest absolute Gasteiger partial charge is 0.494 e. The molecule has 12 heteroatoms. The van der Waals surface area contributed by atoms with Crippen molar-refractivity contribution < 1.29 is 22.7 Å². The topological polar surface area (TPSA) is 88.4 Å². The number of methoxy groups -OCH3 is 1. The van der Waals surface area contributed by atoms with Gasteiger partial charge >= 0.3 is 12.2 Å². The highest BCUT2D eigenvalue weighted by molar-refractivity contribution is 5.74. The molecule has 1 N–H and O–H groups in total. The fourth-order valence-electron chi connectivity index (χ4n) is 3.67. The van der Waals surface area contributed by atoms with Gasteiger partial charge in [-0.15, -0.1) is 0 Å². The number of benzene rings is 1. The van der Waals surface area contributed by atoms with Crippen LogP contribution in [0.25, 0.3) is 5.69 Å². The Morgan fingerprint density at radius 2 is 1.88 bits per heavy atom. The standard InChI is InChI=1S/C22H24F3N7O2/c1-15-28-14-32(29-15)18-5-4-17(11-19(18)34-2)30-7-9-31(10-8-30)21(33)27-13-16-3-6-20(26-12-16)22(23,24)25/h3-6,11-12,14H,7-10,13H2,1-2H3,(H,27,33). The third-order valence-corrected chi connectivity index (χ3v) is 5.51. The number of carbonyl (C=O) groups is 1. The van der Waals surface area contributed by atoms with Crippen molar-refractivity contribution in [2.75, 3.05) is 38.2 Å². The molecule has 1 saturated heterocycles. The van der Waals surface area contributed by atoms with Crippen LogP contribution in [0.4, 0.5) is 23.7 Å². The van der Waals surface area contributed by atoms with Crippen LogP contribution in [-0.2, 0) is 12.7 Å². The molecule has 1 aliphatic rings. The number of rotatable bonds is 5. The van der Waals surface area contributed by atoms with E-state index in [4.69, 9.17) is 4.74 Å². The van der Waals surface area contributed by atoms with E-state index >= 15 is 0 Å². The van der Waals surface area contributed by atoms with Gasteiger partial charge in [-0.05, 0) is 30.7 Å². The van der Waals surface area contributed by atoms with Crippen LogP contribution in [0.5, 0.6) is 5.75 Å². The second kappa shape index (κ2) is 9.57. The van der Waals surface area contributed by atoms with Gasteiger partial charge < -0.3 is 19.9 Å². The van der Waals surface area contributed by atoms with Crippen LogP contribution in [-0.4, -0.2) is 64.0 Å². The quantitative estimate of drug-likeness (QED) is 0.611. The van der Waals surface area contributed by atoms with Crippen LogP contribution in [0.2, 0.25) is 0 Å². The Balaban J connectivity index is 1.32. The lowest BCUT2D eigenvalue weighted by molar-refractivity contribution is -0.141. The second-order valence-corrected chi connectivity index (χ2v) is 7.77. The van der Waals surface area contributed by atoms with E-state index in [0.29, 0.717) is 43.3 Å². The smallest absolute Gasteiger partial charge is 0.433 e. The molecule has 9 nitrogen and oxygen atoms in total. The average molecular weight is 475 g/mol. The summed E-state index contributed by atoms with van der Waals surface area (Å²) >= 11 is 0. The molecule has 4 rings (SSSR count). The zero-order valence-electron chi connectivity index (χ0n) is 18.7. The van der Waals surface area contributed by atoms with E-state index in [-0.39, 0.29) is 12.6 Å². The maximum Gasteiger partial charge on any atom is 0.433 e. The highest BCUT2D eigenvalue weighted by Gasteiger charge is 2.32. The molecule has 34 heavy (non-hydrogen) atoms. The molecule has 0 bridgehead atoms. The summed E-state index contributed by atoms with van der Waals surface area (Å²) in [5.41, 5.74) is 1.28. The molecular formula is C22H24F3N7O2. The van der Waals surface area contributed by atoms with E-state index in [1.807, 2.05) is 25.1 Å². The molecule has 0 atom stereocenters. The van der Waals surface area contributed by atoms with E-state index < -0.39 is 11.9 Å². The molecule has 1 aromatic carbocycles. The number of ether oxygens (including phenoxy) is 1. The molecule has 0 radical (unpaired) electrons. The molecule has 0 saturated carbocycles. The number of hydrogen-bond acceptors (Lipinski definition) is 6. The van der Waals surface area contributed by atoms with E-state index in [1.165, 1.54) is 6.07 Å². The molecule has 1 fully saturated rings. The maximum absolute atomic E-state index is 12.6. The number of anilines is 1. The Hall–Kier alpha value is -3.83. The first kappa shape index (κ1) is 23.3. The summed E-state index contributed by atoms with van der Waals surface area (Å²) in [6, 6.07) is 7.77. The first-order chi connectivity index (χ1) is 16.2. The van der Waals surface area contributed by atoms with Crippen molar-refractivity contribution in [3.05, 3.63) is 59.9 Å². The highest BCUT2D eigenvalue weighted by atomic mass is 19.4. The Morgan fingerprint density at radius 3 is 2.47 bits per heavy atom. The first-order valence-electron chi connectivity index (χ1n) is 10.6. The highest BCUT2D eigenvalue weighted by Crippen LogP contribution is 2.29. The lowest BCUT2D eigenvalue weighted by atomic mass is 10.2. The molecule has 1 aliphatic heterocycles. The number of alkyl halides is 3. The molecule has 180 valence electrons. The second-order valence-electron chi connectivity index (χ2n) is 7.77. The molecule has 2 aromatic heterocycles.